The van der Waals surface area contributed by atoms with E-state index in [1.807, 2.05) is 0 Å². The van der Waals surface area contributed by atoms with Crippen LogP contribution in [0.2, 0.25) is 0 Å². The number of ether oxygens (including phenoxy) is 1. The van der Waals surface area contributed by atoms with Gasteiger partial charge >= 0.3 is 5.97 Å². The highest BCUT2D eigenvalue weighted by Crippen LogP contribution is 2.51. The lowest BCUT2D eigenvalue weighted by molar-refractivity contribution is -0.154. The quantitative estimate of drug-likeness (QED) is 0.413. The lowest BCUT2D eigenvalue weighted by atomic mass is 9.83. The molecule has 1 heterocycles. The number of halogens is 1. The monoisotopic (exact) mass is 606 g/mol. The lowest BCUT2D eigenvalue weighted by Gasteiger charge is -2.39. The van der Waals surface area contributed by atoms with Crippen LogP contribution in [-0.2, 0) is 40.9 Å². The number of hydrogen-bond donors (Lipinski definition) is 2. The number of amides is 1. The van der Waals surface area contributed by atoms with Gasteiger partial charge in [-0.25, -0.2) is 12.8 Å². The lowest BCUT2D eigenvalue weighted by Crippen LogP contribution is -2.50. The van der Waals surface area contributed by atoms with Crippen LogP contribution in [0.15, 0.2) is 51.8 Å². The average molecular weight is 607 g/mol. The van der Waals surface area contributed by atoms with Gasteiger partial charge in [-0.15, -0.1) is 4.40 Å². The first-order valence-corrected chi connectivity index (χ1v) is 16.6. The number of anilines is 2. The zero-order valence-electron chi connectivity index (χ0n) is 22.5. The molecule has 1 aliphatic heterocycles. The summed E-state index contributed by atoms with van der Waals surface area (Å²) in [5, 5.41) is 2.88. The van der Waals surface area contributed by atoms with E-state index in [-0.39, 0.29) is 53.1 Å². The third-order valence-corrected chi connectivity index (χ3v) is 9.73. The number of nitrogens with zero attached hydrogens (tertiary/aromatic N) is 2. The van der Waals surface area contributed by atoms with E-state index >= 15 is 0 Å². The first-order valence-electron chi connectivity index (χ1n) is 13.3. The summed E-state index contributed by atoms with van der Waals surface area (Å²) in [7, 11) is -7.90. The molecule has 1 amide bonds. The molecule has 14 heteroatoms. The second-order valence-electron chi connectivity index (χ2n) is 10.6. The summed E-state index contributed by atoms with van der Waals surface area (Å²) < 4.78 is 74.2. The van der Waals surface area contributed by atoms with E-state index in [0.717, 1.165) is 31.6 Å². The van der Waals surface area contributed by atoms with Gasteiger partial charge in [-0.1, -0.05) is 12.1 Å². The second-order valence-corrected chi connectivity index (χ2v) is 14.0. The SMILES string of the molecule is CCOC(=O)[C@@H]1[C@H]2CC[C@@H](C2)[C@@H]1N(Cc1ccc(F)cc1)C(=O)CC1=NS(=O)(=O)c2cc(NS(C)(=O)=O)ccc2N1. The van der Waals surface area contributed by atoms with Crippen molar-refractivity contribution in [3.05, 3.63) is 53.8 Å². The third-order valence-electron chi connectivity index (χ3n) is 7.77. The molecule has 2 N–H and O–H groups in total. The smallest absolute Gasteiger partial charge is 0.311 e. The summed E-state index contributed by atoms with van der Waals surface area (Å²) >= 11 is 0. The number of sulfonamides is 2. The Hall–Kier alpha value is -3.52. The number of amidine groups is 1. The number of carbonyl (C=O) groups is 2. The molecule has 0 saturated heterocycles. The Balaban J connectivity index is 1.44. The van der Waals surface area contributed by atoms with Crippen molar-refractivity contribution in [1.29, 1.82) is 0 Å². The zero-order valence-corrected chi connectivity index (χ0v) is 24.2. The minimum absolute atomic E-state index is 0.0538. The summed E-state index contributed by atoms with van der Waals surface area (Å²) in [5.41, 5.74) is 0.863. The van der Waals surface area contributed by atoms with Gasteiger partial charge in [0, 0.05) is 18.3 Å². The van der Waals surface area contributed by atoms with Crippen LogP contribution in [0.3, 0.4) is 0 Å². The molecule has 5 rings (SSSR count). The number of benzene rings is 2. The molecule has 2 aliphatic carbocycles. The van der Waals surface area contributed by atoms with Crippen LogP contribution < -0.4 is 10.0 Å². The molecule has 4 atom stereocenters. The zero-order chi connectivity index (χ0) is 29.5. The number of nitrogens with one attached hydrogen (secondary N) is 2. The Labute approximate surface area is 238 Å². The van der Waals surface area contributed by atoms with Gasteiger partial charge in [0.05, 0.1) is 30.9 Å². The fourth-order valence-corrected chi connectivity index (χ4v) is 7.96. The maximum absolute atomic E-state index is 13.9. The van der Waals surface area contributed by atoms with Crippen molar-refractivity contribution >= 4 is 49.1 Å². The first kappa shape index (κ1) is 29.0. The predicted octanol–water partition coefficient (Wildman–Crippen LogP) is 3.11. The van der Waals surface area contributed by atoms with Gasteiger partial charge in [0.15, 0.2) is 0 Å². The van der Waals surface area contributed by atoms with Crippen molar-refractivity contribution < 1.29 is 35.6 Å². The van der Waals surface area contributed by atoms with Crippen molar-refractivity contribution in [1.82, 2.24) is 4.90 Å². The molecular formula is C27H31FN4O7S2. The fraction of sp³-hybridized carbons (Fsp3) is 0.444. The molecule has 2 fully saturated rings. The van der Waals surface area contributed by atoms with Crippen LogP contribution in [0, 0.1) is 23.6 Å². The van der Waals surface area contributed by atoms with Gasteiger partial charge in [-0.05, 0) is 73.9 Å². The molecule has 0 radical (unpaired) electrons. The summed E-state index contributed by atoms with van der Waals surface area (Å²) in [6.07, 6.45) is 3.05. The van der Waals surface area contributed by atoms with Gasteiger partial charge < -0.3 is 15.0 Å². The molecule has 2 bridgehead atoms. The van der Waals surface area contributed by atoms with Crippen LogP contribution in [-0.4, -0.2) is 58.4 Å². The highest BCUT2D eigenvalue weighted by Gasteiger charge is 2.54. The predicted molar refractivity (Wildman–Crippen MR) is 149 cm³/mol. The van der Waals surface area contributed by atoms with Crippen molar-refractivity contribution in [3.8, 4) is 0 Å². The van der Waals surface area contributed by atoms with Gasteiger partial charge in [-0.2, -0.15) is 8.42 Å². The van der Waals surface area contributed by atoms with Crippen LogP contribution >= 0.6 is 0 Å². The Kier molecular flexibility index (Phi) is 7.81. The maximum Gasteiger partial charge on any atom is 0.311 e. The topological polar surface area (TPSA) is 151 Å². The molecule has 2 aromatic carbocycles. The largest absolute Gasteiger partial charge is 0.466 e. The van der Waals surface area contributed by atoms with E-state index in [0.29, 0.717) is 5.56 Å². The standard InChI is InChI=1S/C27H31FN4O7S2/c1-3-39-27(34)25-17-6-7-18(12-17)26(25)32(15-16-4-8-19(28)9-5-16)24(33)14-23-29-21-11-10-20(30-40(2,35)36)13-22(21)41(37,38)31-23/h4-5,8-11,13,17-18,25-26,30H,3,6-7,12,14-15H2,1-2H3,(H,29,31)/t17-,18-,25+,26-/m0/s1. The Morgan fingerprint density at radius 3 is 2.54 bits per heavy atom. The van der Waals surface area contributed by atoms with E-state index < -0.39 is 50.2 Å². The van der Waals surface area contributed by atoms with E-state index in [1.165, 1.54) is 24.3 Å². The van der Waals surface area contributed by atoms with Crippen LogP contribution in [0.1, 0.15) is 38.2 Å². The molecule has 0 unspecified atom stereocenters. The van der Waals surface area contributed by atoms with Gasteiger partial charge in [0.2, 0.25) is 15.9 Å². The Bertz CT molecular complexity index is 1610. The van der Waals surface area contributed by atoms with E-state index in [4.69, 9.17) is 4.74 Å². The second kappa shape index (κ2) is 11.0. The first-order chi connectivity index (χ1) is 19.3. The normalized spacial score (nSPS) is 24.1. The minimum Gasteiger partial charge on any atom is -0.466 e. The molecule has 11 nitrogen and oxygen atoms in total. The molecule has 0 aromatic heterocycles. The van der Waals surface area contributed by atoms with Crippen LogP contribution in [0.4, 0.5) is 15.8 Å². The molecule has 0 spiro atoms. The van der Waals surface area contributed by atoms with E-state index in [2.05, 4.69) is 14.4 Å². The Morgan fingerprint density at radius 1 is 1.15 bits per heavy atom. The molecule has 220 valence electrons. The minimum atomic E-state index is -4.26. The van der Waals surface area contributed by atoms with Crippen molar-refractivity contribution in [2.45, 2.75) is 50.1 Å². The molecular weight excluding hydrogens is 575 g/mol. The average Bonchev–Trinajstić information content (AvgIpc) is 3.50. The van der Waals surface area contributed by atoms with Crippen molar-refractivity contribution in [3.63, 3.8) is 0 Å². The maximum atomic E-state index is 13.9. The van der Waals surface area contributed by atoms with Crippen LogP contribution in [0.5, 0.6) is 0 Å². The van der Waals surface area contributed by atoms with Gasteiger partial charge in [0.1, 0.15) is 16.5 Å². The number of hydrogen-bond acceptors (Lipinski definition) is 8. The summed E-state index contributed by atoms with van der Waals surface area (Å²) in [5.74, 6) is -1.68. The fourth-order valence-electron chi connectivity index (χ4n) is 6.24. The Morgan fingerprint density at radius 2 is 1.85 bits per heavy atom. The van der Waals surface area contributed by atoms with Crippen LogP contribution in [0.25, 0.3) is 0 Å². The van der Waals surface area contributed by atoms with Crippen molar-refractivity contribution in [2.24, 2.45) is 22.2 Å². The molecule has 2 aromatic rings. The molecule has 3 aliphatic rings. The summed E-state index contributed by atoms with van der Waals surface area (Å²) in [4.78, 5) is 28.3. The number of rotatable bonds is 9. The summed E-state index contributed by atoms with van der Waals surface area (Å²) in [6, 6.07) is 9.22. The number of fused-ring (bicyclic) bond motifs is 3. The van der Waals surface area contributed by atoms with Gasteiger partial charge in [0.25, 0.3) is 10.0 Å². The highest BCUT2D eigenvalue weighted by atomic mass is 32.2. The van der Waals surface area contributed by atoms with Gasteiger partial charge in [-0.3, -0.25) is 14.3 Å². The van der Waals surface area contributed by atoms with E-state index in [9.17, 15) is 30.8 Å². The molecule has 41 heavy (non-hydrogen) atoms. The number of esters is 1. The van der Waals surface area contributed by atoms with E-state index in [1.54, 1.807) is 24.0 Å². The third kappa shape index (κ3) is 6.22. The summed E-state index contributed by atoms with van der Waals surface area (Å²) in [6.45, 7) is 2.04. The highest BCUT2D eigenvalue weighted by molar-refractivity contribution is 7.92. The number of carbonyl (C=O) groups excluding carboxylic acids is 2. The molecule has 2 saturated carbocycles. The van der Waals surface area contributed by atoms with Crippen molar-refractivity contribution in [2.75, 3.05) is 22.9 Å².